The number of aromatic nitrogens is 4. The minimum Gasteiger partial charge on any atom is -0.359 e. The number of hydrogen-bond acceptors (Lipinski definition) is 2. The Morgan fingerprint density at radius 2 is 1.54 bits per heavy atom. The molecular weight excluding hydrogens is 320 g/mol. The summed E-state index contributed by atoms with van der Waals surface area (Å²) < 4.78 is 0. The molecule has 0 aliphatic rings. The molecule has 4 nitrogen and oxygen atoms in total. The van der Waals surface area contributed by atoms with E-state index in [9.17, 15) is 0 Å². The summed E-state index contributed by atoms with van der Waals surface area (Å²) in [6.45, 7) is 4.12. The van der Waals surface area contributed by atoms with Crippen molar-refractivity contribution in [3.8, 4) is 22.5 Å². The average molecular weight is 338 g/mol. The van der Waals surface area contributed by atoms with E-state index in [1.165, 1.54) is 22.2 Å². The van der Waals surface area contributed by atoms with Gasteiger partial charge in [0.2, 0.25) is 0 Å². The smallest absolute Gasteiger partial charge is 0.140 e. The maximum absolute atomic E-state index is 4.71. The van der Waals surface area contributed by atoms with Gasteiger partial charge in [0.15, 0.2) is 0 Å². The Kier molecular flexibility index (Phi) is 3.19. The fourth-order valence-corrected chi connectivity index (χ4v) is 3.46. The largest absolute Gasteiger partial charge is 0.359 e. The zero-order chi connectivity index (χ0) is 17.7. The molecule has 3 aromatic heterocycles. The second kappa shape index (κ2) is 5.56. The third-order valence-corrected chi connectivity index (χ3v) is 4.72. The molecule has 0 fully saturated rings. The summed E-state index contributed by atoms with van der Waals surface area (Å²) in [6.07, 6.45) is 3.69. The number of pyridine rings is 1. The Morgan fingerprint density at radius 3 is 2.38 bits per heavy atom. The maximum atomic E-state index is 4.71. The van der Waals surface area contributed by atoms with Crippen molar-refractivity contribution in [2.24, 2.45) is 0 Å². The molecule has 4 heteroatoms. The molecule has 0 aliphatic heterocycles. The van der Waals surface area contributed by atoms with Gasteiger partial charge in [0.05, 0.1) is 11.0 Å². The highest BCUT2D eigenvalue weighted by molar-refractivity contribution is 5.89. The number of hydrogen-bond donors (Lipinski definition) is 2. The lowest BCUT2D eigenvalue weighted by atomic mass is 10.0. The summed E-state index contributed by atoms with van der Waals surface area (Å²) in [5.74, 6) is 0.851. The number of nitrogens with zero attached hydrogens (tertiary/aromatic N) is 2. The fraction of sp³-hybridized carbons (Fsp3) is 0.0909. The van der Waals surface area contributed by atoms with Gasteiger partial charge in [0, 0.05) is 29.2 Å². The van der Waals surface area contributed by atoms with E-state index in [0.29, 0.717) is 0 Å². The second-order valence-electron chi connectivity index (χ2n) is 6.82. The summed E-state index contributed by atoms with van der Waals surface area (Å²) in [4.78, 5) is 15.8. The Hall–Kier alpha value is -3.40. The van der Waals surface area contributed by atoms with Crippen LogP contribution in [0, 0.1) is 13.8 Å². The number of rotatable bonds is 2. The van der Waals surface area contributed by atoms with Crippen LogP contribution in [0.4, 0.5) is 0 Å². The molecule has 0 unspecified atom stereocenters. The molecule has 0 radical (unpaired) electrons. The number of aromatic amines is 2. The van der Waals surface area contributed by atoms with Gasteiger partial charge in [-0.3, -0.25) is 4.98 Å². The zero-order valence-electron chi connectivity index (χ0n) is 14.7. The first-order valence-electron chi connectivity index (χ1n) is 8.67. The summed E-state index contributed by atoms with van der Waals surface area (Å²) in [7, 11) is 0. The van der Waals surface area contributed by atoms with Gasteiger partial charge in [0.25, 0.3) is 0 Å². The molecule has 0 saturated carbocycles. The lowest BCUT2D eigenvalue weighted by Crippen LogP contribution is -1.83. The van der Waals surface area contributed by atoms with Crippen LogP contribution in [-0.4, -0.2) is 19.9 Å². The summed E-state index contributed by atoms with van der Waals surface area (Å²) in [5, 5.41) is 1.24. The highest BCUT2D eigenvalue weighted by Crippen LogP contribution is 2.28. The van der Waals surface area contributed by atoms with E-state index in [1.807, 2.05) is 19.3 Å². The molecule has 0 atom stereocenters. The van der Waals surface area contributed by atoms with E-state index < -0.39 is 0 Å². The van der Waals surface area contributed by atoms with Crippen LogP contribution >= 0.6 is 0 Å². The number of benzene rings is 2. The third kappa shape index (κ3) is 2.47. The number of nitrogens with one attached hydrogen (secondary N) is 2. The van der Waals surface area contributed by atoms with Crippen molar-refractivity contribution >= 4 is 21.9 Å². The van der Waals surface area contributed by atoms with Crippen LogP contribution in [0.1, 0.15) is 11.3 Å². The number of aryl methyl sites for hydroxylation is 2. The van der Waals surface area contributed by atoms with Crippen molar-refractivity contribution in [3.63, 3.8) is 0 Å². The lowest BCUT2D eigenvalue weighted by Gasteiger charge is -2.02. The summed E-state index contributed by atoms with van der Waals surface area (Å²) in [6, 6.07) is 17.1. The molecule has 0 aliphatic carbocycles. The van der Waals surface area contributed by atoms with E-state index in [1.54, 1.807) is 0 Å². The Labute approximate surface area is 150 Å². The molecule has 0 bridgehead atoms. The molecule has 2 aromatic carbocycles. The number of H-pyrrole nitrogens is 2. The normalized spacial score (nSPS) is 11.5. The first-order chi connectivity index (χ1) is 12.7. The molecule has 5 rings (SSSR count). The van der Waals surface area contributed by atoms with E-state index in [2.05, 4.69) is 70.4 Å². The molecule has 2 N–H and O–H groups in total. The van der Waals surface area contributed by atoms with Gasteiger partial charge in [-0.15, -0.1) is 0 Å². The monoisotopic (exact) mass is 338 g/mol. The van der Waals surface area contributed by atoms with E-state index in [4.69, 9.17) is 4.98 Å². The molecule has 0 amide bonds. The van der Waals surface area contributed by atoms with Crippen molar-refractivity contribution in [3.05, 3.63) is 72.2 Å². The van der Waals surface area contributed by atoms with Crippen LogP contribution in [0.3, 0.4) is 0 Å². The molecule has 26 heavy (non-hydrogen) atoms. The zero-order valence-corrected chi connectivity index (χ0v) is 14.7. The summed E-state index contributed by atoms with van der Waals surface area (Å²) in [5.41, 5.74) is 8.82. The van der Waals surface area contributed by atoms with Crippen LogP contribution in [-0.2, 0) is 0 Å². The Balaban J connectivity index is 1.60. The van der Waals surface area contributed by atoms with E-state index in [-0.39, 0.29) is 0 Å². The van der Waals surface area contributed by atoms with Crippen molar-refractivity contribution < 1.29 is 0 Å². The summed E-state index contributed by atoms with van der Waals surface area (Å²) >= 11 is 0. The molecule has 0 saturated heterocycles. The van der Waals surface area contributed by atoms with Crippen LogP contribution in [0.2, 0.25) is 0 Å². The van der Waals surface area contributed by atoms with Crippen LogP contribution in [0.15, 0.2) is 60.9 Å². The van der Waals surface area contributed by atoms with Crippen LogP contribution in [0.25, 0.3) is 44.5 Å². The minimum atomic E-state index is 0.851. The van der Waals surface area contributed by atoms with Gasteiger partial charge in [-0.2, -0.15) is 0 Å². The van der Waals surface area contributed by atoms with Crippen molar-refractivity contribution in [1.82, 2.24) is 19.9 Å². The van der Waals surface area contributed by atoms with Crippen molar-refractivity contribution in [2.75, 3.05) is 0 Å². The highest BCUT2D eigenvalue weighted by Gasteiger charge is 2.08. The van der Waals surface area contributed by atoms with Crippen molar-refractivity contribution in [2.45, 2.75) is 13.8 Å². The van der Waals surface area contributed by atoms with Gasteiger partial charge in [-0.25, -0.2) is 4.98 Å². The SMILES string of the molecule is Cc1cncc(-c2nc3ccc(-c4ccc5cc(C)[nH]c5c4)cc3[nH]2)c1. The third-order valence-electron chi connectivity index (χ3n) is 4.72. The molecule has 0 spiro atoms. The van der Waals surface area contributed by atoms with E-state index >= 15 is 0 Å². The standard InChI is InChI=1S/C22H18N4/c1-13-7-18(12-23-11-13)22-25-19-6-5-16(10-21(19)26-22)15-3-4-17-8-14(2)24-20(17)9-15/h3-12,24H,1-2H3,(H,25,26). The van der Waals surface area contributed by atoms with Gasteiger partial charge in [-0.1, -0.05) is 18.2 Å². The fourth-order valence-electron chi connectivity index (χ4n) is 3.46. The number of imidazole rings is 1. The van der Waals surface area contributed by atoms with Gasteiger partial charge < -0.3 is 9.97 Å². The first kappa shape index (κ1) is 14.9. The van der Waals surface area contributed by atoms with Crippen LogP contribution in [0.5, 0.6) is 0 Å². The van der Waals surface area contributed by atoms with E-state index in [0.717, 1.165) is 33.5 Å². The first-order valence-corrected chi connectivity index (χ1v) is 8.67. The molecular formula is C22H18N4. The quantitative estimate of drug-likeness (QED) is 0.453. The maximum Gasteiger partial charge on any atom is 0.140 e. The molecule has 126 valence electrons. The average Bonchev–Trinajstić information content (AvgIpc) is 3.22. The predicted molar refractivity (Wildman–Crippen MR) is 106 cm³/mol. The van der Waals surface area contributed by atoms with Gasteiger partial charge >= 0.3 is 0 Å². The highest BCUT2D eigenvalue weighted by atomic mass is 14.9. The Bertz CT molecular complexity index is 1260. The van der Waals surface area contributed by atoms with Crippen LogP contribution < -0.4 is 0 Å². The van der Waals surface area contributed by atoms with Gasteiger partial charge in [-0.05, 0) is 66.3 Å². The molecule has 3 heterocycles. The van der Waals surface area contributed by atoms with Gasteiger partial charge in [0.1, 0.15) is 5.82 Å². The molecule has 5 aromatic rings. The van der Waals surface area contributed by atoms with Crippen molar-refractivity contribution in [1.29, 1.82) is 0 Å². The Morgan fingerprint density at radius 1 is 0.731 bits per heavy atom. The topological polar surface area (TPSA) is 57.4 Å². The minimum absolute atomic E-state index is 0.851. The second-order valence-corrected chi connectivity index (χ2v) is 6.82. The predicted octanol–water partition coefficient (Wildman–Crippen LogP) is 5.39. The lowest BCUT2D eigenvalue weighted by molar-refractivity contribution is 1.24. The number of fused-ring (bicyclic) bond motifs is 2.